The maximum atomic E-state index is 12.8. The third-order valence-corrected chi connectivity index (χ3v) is 5.10. The molecule has 0 N–H and O–H groups in total. The second-order valence-corrected chi connectivity index (χ2v) is 7.18. The predicted molar refractivity (Wildman–Crippen MR) is 109 cm³/mol. The summed E-state index contributed by atoms with van der Waals surface area (Å²) >= 11 is 1.19. The minimum absolute atomic E-state index is 0.108. The van der Waals surface area contributed by atoms with Crippen molar-refractivity contribution in [3.63, 3.8) is 0 Å². The molecule has 28 heavy (non-hydrogen) atoms. The second kappa shape index (κ2) is 9.20. The maximum Gasteiger partial charge on any atom is 0.277 e. The van der Waals surface area contributed by atoms with Gasteiger partial charge in [-0.15, -0.1) is 10.2 Å². The number of nitriles is 1. The average molecular weight is 392 g/mol. The Morgan fingerprint density at radius 2 is 1.93 bits per heavy atom. The SMILES string of the molecule is Cc1ccc(N(CCC#N)C(=O)CSc2nnc(-c3ccccc3)o2)cc1C. The molecule has 2 aromatic carbocycles. The molecule has 0 aliphatic rings. The zero-order chi connectivity index (χ0) is 19.9. The van der Waals surface area contributed by atoms with Crippen LogP contribution in [0.1, 0.15) is 17.5 Å². The van der Waals surface area contributed by atoms with Crippen molar-refractivity contribution in [2.45, 2.75) is 25.5 Å². The molecule has 1 aromatic heterocycles. The van der Waals surface area contributed by atoms with E-state index in [1.54, 1.807) is 4.90 Å². The molecule has 1 amide bonds. The van der Waals surface area contributed by atoms with Crippen LogP contribution in [0.5, 0.6) is 0 Å². The Hall–Kier alpha value is -3.11. The van der Waals surface area contributed by atoms with Crippen LogP contribution in [0.4, 0.5) is 5.69 Å². The van der Waals surface area contributed by atoms with Gasteiger partial charge in [-0.2, -0.15) is 5.26 Å². The van der Waals surface area contributed by atoms with Crippen LogP contribution >= 0.6 is 11.8 Å². The number of aryl methyl sites for hydroxylation is 2. The van der Waals surface area contributed by atoms with Crippen molar-refractivity contribution < 1.29 is 9.21 Å². The fourth-order valence-corrected chi connectivity index (χ4v) is 3.26. The van der Waals surface area contributed by atoms with Gasteiger partial charge in [0, 0.05) is 17.8 Å². The van der Waals surface area contributed by atoms with Crippen molar-refractivity contribution in [2.75, 3.05) is 17.2 Å². The zero-order valence-electron chi connectivity index (χ0n) is 15.8. The normalized spacial score (nSPS) is 10.5. The number of hydrogen-bond acceptors (Lipinski definition) is 6. The maximum absolute atomic E-state index is 12.8. The first-order valence-electron chi connectivity index (χ1n) is 8.85. The summed E-state index contributed by atoms with van der Waals surface area (Å²) in [6.45, 7) is 4.37. The van der Waals surface area contributed by atoms with Gasteiger partial charge in [-0.05, 0) is 49.2 Å². The number of hydrogen-bond donors (Lipinski definition) is 0. The van der Waals surface area contributed by atoms with Gasteiger partial charge in [0.25, 0.3) is 5.22 Å². The number of benzene rings is 2. The first-order valence-corrected chi connectivity index (χ1v) is 9.83. The van der Waals surface area contributed by atoms with Crippen LogP contribution < -0.4 is 4.90 Å². The second-order valence-electron chi connectivity index (χ2n) is 6.25. The van der Waals surface area contributed by atoms with Crippen LogP contribution in [0.2, 0.25) is 0 Å². The summed E-state index contributed by atoms with van der Waals surface area (Å²) in [6, 6.07) is 17.4. The fourth-order valence-electron chi connectivity index (χ4n) is 2.62. The van der Waals surface area contributed by atoms with E-state index in [4.69, 9.17) is 9.68 Å². The summed E-state index contributed by atoms with van der Waals surface area (Å²) in [4.78, 5) is 14.4. The highest BCUT2D eigenvalue weighted by Crippen LogP contribution is 2.25. The highest BCUT2D eigenvalue weighted by molar-refractivity contribution is 7.99. The molecule has 1 heterocycles. The average Bonchev–Trinajstić information content (AvgIpc) is 3.19. The smallest absolute Gasteiger partial charge is 0.277 e. The van der Waals surface area contributed by atoms with Gasteiger partial charge in [0.15, 0.2) is 0 Å². The molecule has 0 bridgehead atoms. The minimum Gasteiger partial charge on any atom is -0.411 e. The summed E-state index contributed by atoms with van der Waals surface area (Å²) in [5.41, 5.74) is 3.88. The lowest BCUT2D eigenvalue weighted by Crippen LogP contribution is -2.33. The van der Waals surface area contributed by atoms with Crippen molar-refractivity contribution in [1.82, 2.24) is 10.2 Å². The van der Waals surface area contributed by atoms with Crippen molar-refractivity contribution in [1.29, 1.82) is 5.26 Å². The Balaban J connectivity index is 1.69. The summed E-state index contributed by atoms with van der Waals surface area (Å²) in [7, 11) is 0. The highest BCUT2D eigenvalue weighted by Gasteiger charge is 2.18. The molecule has 0 atom stereocenters. The van der Waals surface area contributed by atoms with E-state index >= 15 is 0 Å². The minimum atomic E-state index is -0.108. The zero-order valence-corrected chi connectivity index (χ0v) is 16.6. The molecule has 0 unspecified atom stereocenters. The molecule has 0 radical (unpaired) electrons. The molecule has 0 aliphatic heterocycles. The number of anilines is 1. The monoisotopic (exact) mass is 392 g/mol. The molecule has 0 aliphatic carbocycles. The summed E-state index contributed by atoms with van der Waals surface area (Å²) < 4.78 is 5.64. The van der Waals surface area contributed by atoms with E-state index in [0.717, 1.165) is 22.4 Å². The van der Waals surface area contributed by atoms with Crippen LogP contribution in [0.25, 0.3) is 11.5 Å². The van der Waals surface area contributed by atoms with Crippen LogP contribution in [-0.2, 0) is 4.79 Å². The van der Waals surface area contributed by atoms with Gasteiger partial charge in [0.05, 0.1) is 18.2 Å². The Kier molecular flexibility index (Phi) is 6.45. The van der Waals surface area contributed by atoms with Crippen LogP contribution in [0.3, 0.4) is 0 Å². The standard InChI is InChI=1S/C21H20N4O2S/c1-15-9-10-18(13-16(15)2)25(12-6-11-22)19(26)14-28-21-24-23-20(27-21)17-7-4-3-5-8-17/h3-5,7-10,13H,6,12,14H2,1-2H3. The molecule has 0 spiro atoms. The summed E-state index contributed by atoms with van der Waals surface area (Å²) in [5.74, 6) is 0.461. The van der Waals surface area contributed by atoms with Gasteiger partial charge in [-0.1, -0.05) is 36.0 Å². The van der Waals surface area contributed by atoms with Crippen molar-refractivity contribution >= 4 is 23.4 Å². The third-order valence-electron chi connectivity index (χ3n) is 4.30. The number of thioether (sulfide) groups is 1. The van der Waals surface area contributed by atoms with Crippen molar-refractivity contribution in [3.05, 3.63) is 59.7 Å². The van der Waals surface area contributed by atoms with Gasteiger partial charge in [-0.25, -0.2) is 0 Å². The Morgan fingerprint density at radius 1 is 1.14 bits per heavy atom. The number of aromatic nitrogens is 2. The molecule has 0 saturated carbocycles. The molecule has 0 fully saturated rings. The first-order chi connectivity index (χ1) is 13.6. The van der Waals surface area contributed by atoms with Crippen molar-refractivity contribution in [2.24, 2.45) is 0 Å². The number of carbonyl (C=O) groups excluding carboxylic acids is 1. The lowest BCUT2D eigenvalue weighted by Gasteiger charge is -2.22. The Morgan fingerprint density at radius 3 is 2.64 bits per heavy atom. The first kappa shape index (κ1) is 19.6. The molecular weight excluding hydrogens is 372 g/mol. The molecule has 6 nitrogen and oxygen atoms in total. The number of rotatable bonds is 7. The number of carbonyl (C=O) groups is 1. The Bertz CT molecular complexity index is 995. The lowest BCUT2D eigenvalue weighted by molar-refractivity contribution is -0.116. The number of amides is 1. The highest BCUT2D eigenvalue weighted by atomic mass is 32.2. The molecule has 3 rings (SSSR count). The Labute approximate surface area is 168 Å². The van der Waals surface area contributed by atoms with Gasteiger partial charge < -0.3 is 9.32 Å². The summed E-state index contributed by atoms with van der Waals surface area (Å²) in [5, 5.41) is 17.3. The van der Waals surface area contributed by atoms with Gasteiger partial charge in [0.2, 0.25) is 11.8 Å². The molecule has 142 valence electrons. The number of nitrogens with zero attached hydrogens (tertiary/aromatic N) is 4. The fraction of sp³-hybridized carbons (Fsp3) is 0.238. The lowest BCUT2D eigenvalue weighted by atomic mass is 10.1. The van der Waals surface area contributed by atoms with E-state index in [0.29, 0.717) is 17.7 Å². The molecule has 0 saturated heterocycles. The molecule has 7 heteroatoms. The van der Waals surface area contributed by atoms with Crippen LogP contribution in [0, 0.1) is 25.2 Å². The van der Waals surface area contributed by atoms with Gasteiger partial charge >= 0.3 is 0 Å². The predicted octanol–water partition coefficient (Wildman–Crippen LogP) is 4.39. The van der Waals surface area contributed by atoms with E-state index in [9.17, 15) is 4.79 Å². The van der Waals surface area contributed by atoms with Crippen molar-refractivity contribution in [3.8, 4) is 17.5 Å². The van der Waals surface area contributed by atoms with E-state index in [1.165, 1.54) is 11.8 Å². The largest absolute Gasteiger partial charge is 0.411 e. The van der Waals surface area contributed by atoms with E-state index in [-0.39, 0.29) is 18.1 Å². The third kappa shape index (κ3) is 4.78. The van der Waals surface area contributed by atoms with E-state index in [2.05, 4.69) is 16.3 Å². The van der Waals surface area contributed by atoms with Crippen LogP contribution in [-0.4, -0.2) is 28.4 Å². The van der Waals surface area contributed by atoms with Gasteiger partial charge in [-0.3, -0.25) is 4.79 Å². The van der Waals surface area contributed by atoms with Crippen LogP contribution in [0.15, 0.2) is 58.2 Å². The van der Waals surface area contributed by atoms with Gasteiger partial charge in [0.1, 0.15) is 0 Å². The molecular formula is C21H20N4O2S. The quantitative estimate of drug-likeness (QED) is 0.555. The van der Waals surface area contributed by atoms with E-state index < -0.39 is 0 Å². The van der Waals surface area contributed by atoms with E-state index in [1.807, 2.05) is 62.4 Å². The summed E-state index contributed by atoms with van der Waals surface area (Å²) in [6.07, 6.45) is 0.266. The molecule has 3 aromatic rings. The topological polar surface area (TPSA) is 83.0 Å².